The molecule has 0 radical (unpaired) electrons. The van der Waals surface area contributed by atoms with Gasteiger partial charge in [0.25, 0.3) is 0 Å². The molecule has 0 bridgehead atoms. The summed E-state index contributed by atoms with van der Waals surface area (Å²) in [5, 5.41) is 3.95. The molecular weight excluding hydrogens is 556 g/mol. The quantitative estimate of drug-likeness (QED) is 0.197. The molecule has 7 aromatic rings. The summed E-state index contributed by atoms with van der Waals surface area (Å²) in [5.74, 6) is 0. The van der Waals surface area contributed by atoms with E-state index in [0.29, 0.717) is 0 Å². The standard InChI is InChI=1S/C44H42N2/c1-43(2,3)33-17-21-37-38-22-18-34(26-42(38)46-41(37)25-33)44(4,5)27-28-11-13-30(14-12-28)32-16-20-36-35-19-15-31(29-9-7-6-8-10-29)23-39(35)45-40(36)24-32/h6-14,16-18,20-26,45-46H,15,19,27H2,1-5H3. The minimum atomic E-state index is -0.00206. The van der Waals surface area contributed by atoms with Crippen LogP contribution >= 0.6 is 0 Å². The van der Waals surface area contributed by atoms with E-state index in [1.54, 1.807) is 0 Å². The van der Waals surface area contributed by atoms with Gasteiger partial charge in [-0.2, -0.15) is 0 Å². The fourth-order valence-electron chi connectivity index (χ4n) is 7.46. The van der Waals surface area contributed by atoms with Crippen LogP contribution in [0.2, 0.25) is 0 Å². The number of hydrogen-bond donors (Lipinski definition) is 2. The van der Waals surface area contributed by atoms with Gasteiger partial charge in [-0.1, -0.05) is 126 Å². The molecule has 2 N–H and O–H groups in total. The van der Waals surface area contributed by atoms with Gasteiger partial charge in [0.2, 0.25) is 0 Å². The molecule has 2 aromatic heterocycles. The van der Waals surface area contributed by atoms with Crippen LogP contribution < -0.4 is 0 Å². The van der Waals surface area contributed by atoms with Crippen LogP contribution in [0.25, 0.3) is 55.5 Å². The third kappa shape index (κ3) is 5.07. The smallest absolute Gasteiger partial charge is 0.0467 e. The van der Waals surface area contributed by atoms with Crippen molar-refractivity contribution in [2.24, 2.45) is 0 Å². The summed E-state index contributed by atoms with van der Waals surface area (Å²) >= 11 is 0. The molecule has 0 fully saturated rings. The van der Waals surface area contributed by atoms with Gasteiger partial charge in [-0.25, -0.2) is 0 Å². The Morgan fingerprint density at radius 2 is 1.17 bits per heavy atom. The third-order valence-corrected chi connectivity index (χ3v) is 10.2. The second-order valence-electron chi connectivity index (χ2n) is 15.0. The Labute approximate surface area is 272 Å². The van der Waals surface area contributed by atoms with Gasteiger partial charge in [0.1, 0.15) is 0 Å². The minimum Gasteiger partial charge on any atom is -0.355 e. The van der Waals surface area contributed by atoms with Gasteiger partial charge < -0.3 is 9.97 Å². The zero-order valence-electron chi connectivity index (χ0n) is 27.6. The van der Waals surface area contributed by atoms with E-state index in [0.717, 1.165) is 19.3 Å². The molecule has 46 heavy (non-hydrogen) atoms. The summed E-state index contributed by atoms with van der Waals surface area (Å²) in [4.78, 5) is 7.46. The van der Waals surface area contributed by atoms with Gasteiger partial charge in [0.15, 0.2) is 0 Å². The second kappa shape index (κ2) is 10.6. The Bertz CT molecular complexity index is 2270. The van der Waals surface area contributed by atoms with E-state index in [-0.39, 0.29) is 10.8 Å². The van der Waals surface area contributed by atoms with Gasteiger partial charge in [-0.05, 0) is 98.9 Å². The Morgan fingerprint density at radius 3 is 1.89 bits per heavy atom. The maximum Gasteiger partial charge on any atom is 0.0467 e. The summed E-state index contributed by atoms with van der Waals surface area (Å²) < 4.78 is 0. The van der Waals surface area contributed by atoms with Crippen molar-refractivity contribution in [3.05, 3.63) is 143 Å². The SMILES string of the molecule is CC(C)(C)c1ccc2c(c1)[nH]c1cc(C(C)(C)Cc3ccc(-c4ccc5c6c([nH]c5c4)C=C(c4ccccc4)CC6)cc3)ccc12. The molecular formula is C44H42N2. The molecule has 8 rings (SSSR count). The van der Waals surface area contributed by atoms with E-state index >= 15 is 0 Å². The largest absolute Gasteiger partial charge is 0.355 e. The lowest BCUT2D eigenvalue weighted by molar-refractivity contribution is 0.523. The van der Waals surface area contributed by atoms with Crippen molar-refractivity contribution < 1.29 is 0 Å². The van der Waals surface area contributed by atoms with Crippen LogP contribution in [0.5, 0.6) is 0 Å². The lowest BCUT2D eigenvalue weighted by Crippen LogP contribution is -2.20. The highest BCUT2D eigenvalue weighted by atomic mass is 14.7. The van der Waals surface area contributed by atoms with E-state index in [1.807, 2.05) is 0 Å². The normalized spacial score (nSPS) is 13.8. The van der Waals surface area contributed by atoms with Crippen molar-refractivity contribution in [3.63, 3.8) is 0 Å². The molecule has 0 saturated heterocycles. The monoisotopic (exact) mass is 598 g/mol. The molecule has 1 aliphatic carbocycles. The Morgan fingerprint density at radius 1 is 0.543 bits per heavy atom. The summed E-state index contributed by atoms with van der Waals surface area (Å²) in [6.45, 7) is 11.5. The van der Waals surface area contributed by atoms with Crippen molar-refractivity contribution in [1.82, 2.24) is 9.97 Å². The molecule has 2 nitrogen and oxygen atoms in total. The van der Waals surface area contributed by atoms with Crippen molar-refractivity contribution in [1.29, 1.82) is 0 Å². The molecule has 2 heteroatoms. The number of benzene rings is 5. The molecule has 0 unspecified atom stereocenters. The number of aromatic amines is 2. The fourth-order valence-corrected chi connectivity index (χ4v) is 7.46. The number of aryl methyl sites for hydroxylation is 1. The third-order valence-electron chi connectivity index (χ3n) is 10.2. The van der Waals surface area contributed by atoms with Crippen molar-refractivity contribution >= 4 is 44.4 Å². The maximum atomic E-state index is 3.74. The summed E-state index contributed by atoms with van der Waals surface area (Å²) in [6, 6.07) is 40.8. The molecule has 0 atom stereocenters. The van der Waals surface area contributed by atoms with Gasteiger partial charge >= 0.3 is 0 Å². The number of H-pyrrole nitrogens is 2. The fraction of sp³-hybridized carbons (Fsp3) is 0.227. The second-order valence-corrected chi connectivity index (χ2v) is 15.0. The van der Waals surface area contributed by atoms with E-state index in [4.69, 9.17) is 0 Å². The molecule has 2 heterocycles. The number of nitrogens with one attached hydrogen (secondary N) is 2. The molecule has 5 aromatic carbocycles. The Kier molecular flexibility index (Phi) is 6.62. The van der Waals surface area contributed by atoms with Crippen LogP contribution in [0.15, 0.2) is 109 Å². The zero-order valence-corrected chi connectivity index (χ0v) is 27.6. The minimum absolute atomic E-state index is 0.00206. The number of fused-ring (bicyclic) bond motifs is 6. The van der Waals surface area contributed by atoms with Crippen LogP contribution in [-0.4, -0.2) is 9.97 Å². The van der Waals surface area contributed by atoms with Crippen LogP contribution in [0.4, 0.5) is 0 Å². The summed E-state index contributed by atoms with van der Waals surface area (Å²) in [6.07, 6.45) is 5.48. The van der Waals surface area contributed by atoms with Crippen LogP contribution in [-0.2, 0) is 23.7 Å². The first-order valence-corrected chi connectivity index (χ1v) is 16.7. The average molecular weight is 599 g/mol. The Balaban J connectivity index is 1.03. The van der Waals surface area contributed by atoms with E-state index in [2.05, 4.69) is 160 Å². The number of hydrogen-bond acceptors (Lipinski definition) is 0. The van der Waals surface area contributed by atoms with E-state index in [1.165, 1.54) is 82.9 Å². The molecule has 228 valence electrons. The lowest BCUT2D eigenvalue weighted by Gasteiger charge is -2.26. The van der Waals surface area contributed by atoms with Gasteiger partial charge in [0, 0.05) is 38.4 Å². The van der Waals surface area contributed by atoms with Gasteiger partial charge in [0.05, 0.1) is 0 Å². The first-order valence-electron chi connectivity index (χ1n) is 16.7. The molecule has 0 aliphatic heterocycles. The predicted octanol–water partition coefficient (Wildman–Crippen LogP) is 11.8. The van der Waals surface area contributed by atoms with Crippen LogP contribution in [0.1, 0.15) is 74.6 Å². The van der Waals surface area contributed by atoms with E-state index < -0.39 is 0 Å². The number of rotatable bonds is 5. The first kappa shape index (κ1) is 28.6. The first-order chi connectivity index (χ1) is 22.1. The van der Waals surface area contributed by atoms with Crippen molar-refractivity contribution in [3.8, 4) is 11.1 Å². The van der Waals surface area contributed by atoms with Gasteiger partial charge in [-0.3, -0.25) is 0 Å². The Hall–Kier alpha value is -4.82. The predicted molar refractivity (Wildman–Crippen MR) is 198 cm³/mol. The van der Waals surface area contributed by atoms with Crippen molar-refractivity contribution in [2.45, 2.75) is 64.7 Å². The summed E-state index contributed by atoms with van der Waals surface area (Å²) in [7, 11) is 0. The van der Waals surface area contributed by atoms with Crippen LogP contribution in [0, 0.1) is 0 Å². The summed E-state index contributed by atoms with van der Waals surface area (Å²) in [5.41, 5.74) is 15.8. The zero-order chi connectivity index (χ0) is 31.6. The van der Waals surface area contributed by atoms with Crippen molar-refractivity contribution in [2.75, 3.05) is 0 Å². The molecule has 0 amide bonds. The lowest BCUT2D eigenvalue weighted by atomic mass is 9.79. The average Bonchev–Trinajstić information content (AvgIpc) is 3.61. The number of aromatic nitrogens is 2. The highest BCUT2D eigenvalue weighted by Crippen LogP contribution is 2.37. The molecule has 0 saturated carbocycles. The highest BCUT2D eigenvalue weighted by molar-refractivity contribution is 6.07. The topological polar surface area (TPSA) is 31.6 Å². The van der Waals surface area contributed by atoms with Crippen LogP contribution in [0.3, 0.4) is 0 Å². The van der Waals surface area contributed by atoms with Gasteiger partial charge in [-0.15, -0.1) is 0 Å². The molecule has 0 spiro atoms. The maximum absolute atomic E-state index is 3.74. The number of allylic oxidation sites excluding steroid dienone is 1. The van der Waals surface area contributed by atoms with E-state index in [9.17, 15) is 0 Å². The molecule has 1 aliphatic rings. The highest BCUT2D eigenvalue weighted by Gasteiger charge is 2.23.